The molecule has 0 radical (unpaired) electrons. The first-order chi connectivity index (χ1) is 12.1. The number of carbonyl (C=O) groups is 2. The van der Waals surface area contributed by atoms with Crippen LogP contribution in [0.3, 0.4) is 0 Å². The van der Waals surface area contributed by atoms with Crippen molar-refractivity contribution < 1.29 is 23.8 Å². The van der Waals surface area contributed by atoms with E-state index in [1.165, 1.54) is 0 Å². The predicted octanol–water partition coefficient (Wildman–Crippen LogP) is 1.22. The SMILES string of the molecule is CNC(=O)C1(COC)CCCN1C(=O)c1ccc2c(c1)OCCCO2. The minimum Gasteiger partial charge on any atom is -0.490 e. The highest BCUT2D eigenvalue weighted by Crippen LogP contribution is 2.35. The average molecular weight is 348 g/mol. The van der Waals surface area contributed by atoms with E-state index < -0.39 is 5.54 Å². The van der Waals surface area contributed by atoms with Crippen LogP contribution in [0.25, 0.3) is 0 Å². The topological polar surface area (TPSA) is 77.1 Å². The number of hydrogen-bond acceptors (Lipinski definition) is 5. The Hall–Kier alpha value is -2.28. The number of rotatable bonds is 4. The summed E-state index contributed by atoms with van der Waals surface area (Å²) >= 11 is 0. The number of nitrogens with zero attached hydrogens (tertiary/aromatic N) is 1. The summed E-state index contributed by atoms with van der Waals surface area (Å²) in [6, 6.07) is 5.17. The minimum absolute atomic E-state index is 0.170. The lowest BCUT2D eigenvalue weighted by Crippen LogP contribution is -2.59. The zero-order chi connectivity index (χ0) is 17.9. The third-order valence-corrected chi connectivity index (χ3v) is 4.76. The first-order valence-corrected chi connectivity index (χ1v) is 8.55. The molecule has 0 saturated carbocycles. The highest BCUT2D eigenvalue weighted by molar-refractivity contribution is 6.00. The van der Waals surface area contributed by atoms with E-state index in [0.717, 1.165) is 12.8 Å². The normalized spacial score (nSPS) is 22.4. The van der Waals surface area contributed by atoms with E-state index in [9.17, 15) is 9.59 Å². The molecule has 1 N–H and O–H groups in total. The van der Waals surface area contributed by atoms with Gasteiger partial charge in [-0.2, -0.15) is 0 Å². The Morgan fingerprint density at radius 3 is 2.72 bits per heavy atom. The van der Waals surface area contributed by atoms with Gasteiger partial charge in [-0.15, -0.1) is 0 Å². The Morgan fingerprint density at radius 2 is 2.00 bits per heavy atom. The molecule has 136 valence electrons. The van der Waals surface area contributed by atoms with E-state index in [1.807, 2.05) is 0 Å². The van der Waals surface area contributed by atoms with Gasteiger partial charge in [-0.05, 0) is 31.0 Å². The molecular formula is C18H24N2O5. The Kier molecular flexibility index (Phi) is 5.13. The maximum Gasteiger partial charge on any atom is 0.254 e. The Labute approximate surface area is 147 Å². The van der Waals surface area contributed by atoms with Crippen molar-refractivity contribution in [1.29, 1.82) is 0 Å². The smallest absolute Gasteiger partial charge is 0.254 e. The Bertz CT molecular complexity index is 663. The fourth-order valence-electron chi connectivity index (χ4n) is 3.55. The van der Waals surface area contributed by atoms with Crippen LogP contribution in [0.5, 0.6) is 11.5 Å². The molecule has 1 aromatic rings. The molecule has 2 heterocycles. The predicted molar refractivity (Wildman–Crippen MR) is 91.0 cm³/mol. The summed E-state index contributed by atoms with van der Waals surface area (Å²) in [5, 5.41) is 2.67. The van der Waals surface area contributed by atoms with Crippen LogP contribution in [0, 0.1) is 0 Å². The van der Waals surface area contributed by atoms with E-state index in [4.69, 9.17) is 14.2 Å². The number of hydrogen-bond donors (Lipinski definition) is 1. The first kappa shape index (κ1) is 17.5. The van der Waals surface area contributed by atoms with Gasteiger partial charge in [0, 0.05) is 32.7 Å². The first-order valence-electron chi connectivity index (χ1n) is 8.55. The molecule has 0 aliphatic carbocycles. The number of nitrogens with one attached hydrogen (secondary N) is 1. The maximum absolute atomic E-state index is 13.1. The number of likely N-dealkylation sites (N-methyl/N-ethyl adjacent to an activating group) is 1. The number of methoxy groups -OCH3 is 1. The van der Waals surface area contributed by atoms with Gasteiger partial charge in [0.2, 0.25) is 5.91 Å². The lowest BCUT2D eigenvalue weighted by atomic mass is 9.95. The van der Waals surface area contributed by atoms with Crippen molar-refractivity contribution in [3.63, 3.8) is 0 Å². The third kappa shape index (κ3) is 3.16. The fraction of sp³-hybridized carbons (Fsp3) is 0.556. The van der Waals surface area contributed by atoms with Crippen LogP contribution in [0.15, 0.2) is 18.2 Å². The van der Waals surface area contributed by atoms with E-state index in [2.05, 4.69) is 5.32 Å². The molecule has 7 nitrogen and oxygen atoms in total. The zero-order valence-electron chi connectivity index (χ0n) is 14.7. The van der Waals surface area contributed by atoms with Crippen molar-refractivity contribution >= 4 is 11.8 Å². The summed E-state index contributed by atoms with van der Waals surface area (Å²) in [6.07, 6.45) is 2.14. The molecule has 0 spiro atoms. The molecule has 1 unspecified atom stereocenters. The van der Waals surface area contributed by atoms with Crippen molar-refractivity contribution in [3.05, 3.63) is 23.8 Å². The van der Waals surface area contributed by atoms with Crippen LogP contribution < -0.4 is 14.8 Å². The van der Waals surface area contributed by atoms with E-state index in [-0.39, 0.29) is 18.4 Å². The van der Waals surface area contributed by atoms with Crippen LogP contribution in [0.4, 0.5) is 0 Å². The summed E-state index contributed by atoms with van der Waals surface area (Å²) in [4.78, 5) is 27.3. The number of amides is 2. The van der Waals surface area contributed by atoms with Crippen molar-refractivity contribution in [1.82, 2.24) is 10.2 Å². The van der Waals surface area contributed by atoms with Crippen LogP contribution in [-0.4, -0.2) is 62.8 Å². The summed E-state index contributed by atoms with van der Waals surface area (Å²) in [7, 11) is 3.12. The monoisotopic (exact) mass is 348 g/mol. The number of ether oxygens (including phenoxy) is 3. The summed E-state index contributed by atoms with van der Waals surface area (Å²) in [5.74, 6) is 0.813. The van der Waals surface area contributed by atoms with E-state index in [1.54, 1.807) is 37.3 Å². The third-order valence-electron chi connectivity index (χ3n) is 4.76. The number of fused-ring (bicyclic) bond motifs is 1. The summed E-state index contributed by atoms with van der Waals surface area (Å²) in [5.41, 5.74) is -0.486. The second-order valence-electron chi connectivity index (χ2n) is 6.32. The largest absolute Gasteiger partial charge is 0.490 e. The molecular weight excluding hydrogens is 324 g/mol. The Balaban J connectivity index is 1.91. The number of likely N-dealkylation sites (tertiary alicyclic amines) is 1. The lowest BCUT2D eigenvalue weighted by Gasteiger charge is -2.36. The minimum atomic E-state index is -0.968. The van der Waals surface area contributed by atoms with Gasteiger partial charge in [0.1, 0.15) is 5.54 Å². The quantitative estimate of drug-likeness (QED) is 0.885. The molecule has 1 atom stereocenters. The van der Waals surface area contributed by atoms with Crippen LogP contribution >= 0.6 is 0 Å². The van der Waals surface area contributed by atoms with Crippen LogP contribution in [0.1, 0.15) is 29.6 Å². The van der Waals surface area contributed by atoms with Gasteiger partial charge in [-0.1, -0.05) is 0 Å². The molecule has 2 aliphatic heterocycles. The summed E-state index contributed by atoms with van der Waals surface area (Å²) in [6.45, 7) is 1.84. The van der Waals surface area contributed by atoms with Crippen molar-refractivity contribution in [3.8, 4) is 11.5 Å². The van der Waals surface area contributed by atoms with Crippen molar-refractivity contribution in [2.75, 3.05) is 40.5 Å². The molecule has 2 aliphatic rings. The van der Waals surface area contributed by atoms with E-state index in [0.29, 0.717) is 43.2 Å². The molecule has 3 rings (SSSR count). The molecule has 25 heavy (non-hydrogen) atoms. The number of carbonyl (C=O) groups excluding carboxylic acids is 2. The van der Waals surface area contributed by atoms with Crippen molar-refractivity contribution in [2.24, 2.45) is 0 Å². The molecule has 0 bridgehead atoms. The van der Waals surface area contributed by atoms with Gasteiger partial charge in [-0.3, -0.25) is 9.59 Å². The van der Waals surface area contributed by atoms with Crippen molar-refractivity contribution in [2.45, 2.75) is 24.8 Å². The van der Waals surface area contributed by atoms with Gasteiger partial charge in [0.15, 0.2) is 11.5 Å². The average Bonchev–Trinajstić information content (AvgIpc) is 2.91. The van der Waals surface area contributed by atoms with Crippen LogP contribution in [0.2, 0.25) is 0 Å². The molecule has 0 aromatic heterocycles. The molecule has 7 heteroatoms. The highest BCUT2D eigenvalue weighted by atomic mass is 16.5. The maximum atomic E-state index is 13.1. The van der Waals surface area contributed by atoms with Gasteiger partial charge in [-0.25, -0.2) is 0 Å². The van der Waals surface area contributed by atoms with Gasteiger partial charge in [0.05, 0.1) is 19.8 Å². The van der Waals surface area contributed by atoms with Gasteiger partial charge >= 0.3 is 0 Å². The zero-order valence-corrected chi connectivity index (χ0v) is 14.7. The fourth-order valence-corrected chi connectivity index (χ4v) is 3.55. The van der Waals surface area contributed by atoms with E-state index >= 15 is 0 Å². The molecule has 2 amide bonds. The van der Waals surface area contributed by atoms with Crippen LogP contribution in [-0.2, 0) is 9.53 Å². The second kappa shape index (κ2) is 7.31. The Morgan fingerprint density at radius 1 is 1.24 bits per heavy atom. The summed E-state index contributed by atoms with van der Waals surface area (Å²) < 4.78 is 16.6. The highest BCUT2D eigenvalue weighted by Gasteiger charge is 2.49. The lowest BCUT2D eigenvalue weighted by molar-refractivity contribution is -0.133. The standard InChI is InChI=1S/C18H24N2O5/c1-19-17(22)18(12-23-2)7-3-8-20(18)16(21)13-5-6-14-15(11-13)25-10-4-9-24-14/h5-6,11H,3-4,7-10,12H2,1-2H3,(H,19,22). The molecule has 1 aromatic carbocycles. The van der Waals surface area contributed by atoms with Gasteiger partial charge < -0.3 is 24.4 Å². The number of benzene rings is 1. The van der Waals surface area contributed by atoms with Gasteiger partial charge in [0.25, 0.3) is 5.91 Å². The second-order valence-corrected chi connectivity index (χ2v) is 6.32. The molecule has 1 fully saturated rings. The molecule has 1 saturated heterocycles.